The second kappa shape index (κ2) is 13.8. The van der Waals surface area contributed by atoms with Crippen molar-refractivity contribution in [3.8, 4) is 0 Å². The molecule has 1 amide bonds. The number of hydrogen-bond donors (Lipinski definition) is 2. The summed E-state index contributed by atoms with van der Waals surface area (Å²) in [5, 5.41) is 6.42. The molecule has 1 aliphatic heterocycles. The Hall–Kier alpha value is -4.11. The summed E-state index contributed by atoms with van der Waals surface area (Å²) in [5.74, 6) is 0.989. The Balaban J connectivity index is 1.81. The van der Waals surface area contributed by atoms with Crippen molar-refractivity contribution in [3.05, 3.63) is 76.2 Å². The predicted octanol–water partition coefficient (Wildman–Crippen LogP) is 4.86. The molecule has 2 aromatic carbocycles. The van der Waals surface area contributed by atoms with Crippen molar-refractivity contribution in [3.63, 3.8) is 0 Å². The lowest BCUT2D eigenvalue weighted by Crippen LogP contribution is -2.33. The van der Waals surface area contributed by atoms with Gasteiger partial charge in [-0.05, 0) is 62.0 Å². The number of guanidine groups is 1. The molecular weight excluding hydrogens is 500 g/mol. The van der Waals surface area contributed by atoms with E-state index in [-0.39, 0.29) is 11.3 Å². The van der Waals surface area contributed by atoms with E-state index in [0.717, 1.165) is 35.6 Å². The minimum Gasteiger partial charge on any atom is -0.348 e. The summed E-state index contributed by atoms with van der Waals surface area (Å²) in [4.78, 5) is 34.7. The minimum absolute atomic E-state index is 0.0456. The SMILES string of the molecule is C=NC=N/C(Nc1cc(C(=O)NCc2cccc(C(C)(C)C)c2)ccc1C)=C1\CC=NC(N(C)CCN(C)C)=N1. The van der Waals surface area contributed by atoms with Crippen LogP contribution in [0.15, 0.2) is 74.0 Å². The molecule has 2 N–H and O–H groups in total. The van der Waals surface area contributed by atoms with Gasteiger partial charge in [0.05, 0.1) is 5.70 Å². The normalized spacial score (nSPS) is 14.8. The Labute approximate surface area is 238 Å². The Morgan fingerprint density at radius 3 is 2.60 bits per heavy atom. The Morgan fingerprint density at radius 1 is 1.12 bits per heavy atom. The smallest absolute Gasteiger partial charge is 0.251 e. The summed E-state index contributed by atoms with van der Waals surface area (Å²) in [5.41, 5.74) is 5.33. The van der Waals surface area contributed by atoms with E-state index in [1.165, 1.54) is 11.9 Å². The number of likely N-dealkylation sites (N-methyl/N-ethyl adjacent to an activating group) is 2. The predicted molar refractivity (Wildman–Crippen MR) is 168 cm³/mol. The highest BCUT2D eigenvalue weighted by molar-refractivity contribution is 5.95. The summed E-state index contributed by atoms with van der Waals surface area (Å²) in [7, 11) is 6.03. The molecule has 0 radical (unpaired) electrons. The molecule has 2 aromatic rings. The maximum Gasteiger partial charge on any atom is 0.251 e. The monoisotopic (exact) mass is 542 g/mol. The summed E-state index contributed by atoms with van der Waals surface area (Å²) in [6.45, 7) is 14.1. The first-order valence-corrected chi connectivity index (χ1v) is 13.4. The average Bonchev–Trinajstić information content (AvgIpc) is 2.93. The molecule has 1 aliphatic rings. The number of anilines is 1. The molecular formula is C31H42N8O. The summed E-state index contributed by atoms with van der Waals surface area (Å²) in [6.07, 6.45) is 3.71. The molecule has 0 aliphatic carbocycles. The van der Waals surface area contributed by atoms with Crippen LogP contribution in [0.4, 0.5) is 5.69 Å². The largest absolute Gasteiger partial charge is 0.348 e. The average molecular weight is 543 g/mol. The Kier molecular flexibility index (Phi) is 10.5. The number of amides is 1. The molecule has 40 heavy (non-hydrogen) atoms. The zero-order valence-electron chi connectivity index (χ0n) is 24.8. The Bertz CT molecular complexity index is 1330. The van der Waals surface area contributed by atoms with Crippen molar-refractivity contribution in [1.82, 2.24) is 15.1 Å². The molecule has 3 rings (SSSR count). The van der Waals surface area contributed by atoms with Gasteiger partial charge in [0, 0.05) is 50.6 Å². The molecule has 9 heteroatoms. The number of hydrogen-bond acceptors (Lipinski definition) is 7. The van der Waals surface area contributed by atoms with Gasteiger partial charge in [-0.15, -0.1) is 0 Å². The second-order valence-corrected chi connectivity index (χ2v) is 11.2. The van der Waals surface area contributed by atoms with E-state index in [9.17, 15) is 4.79 Å². The van der Waals surface area contributed by atoms with Gasteiger partial charge in [-0.25, -0.2) is 15.0 Å². The number of aliphatic imine (C=N–C) groups is 4. The van der Waals surface area contributed by atoms with E-state index in [1.54, 1.807) is 0 Å². The van der Waals surface area contributed by atoms with Gasteiger partial charge in [0.15, 0.2) is 5.82 Å². The zero-order valence-corrected chi connectivity index (χ0v) is 24.8. The van der Waals surface area contributed by atoms with Gasteiger partial charge >= 0.3 is 0 Å². The molecule has 1 heterocycles. The van der Waals surface area contributed by atoms with Crippen LogP contribution < -0.4 is 10.6 Å². The van der Waals surface area contributed by atoms with Crippen LogP contribution in [0.3, 0.4) is 0 Å². The van der Waals surface area contributed by atoms with E-state index >= 15 is 0 Å². The molecule has 0 saturated heterocycles. The fraction of sp³-hybridized carbons (Fsp3) is 0.387. The van der Waals surface area contributed by atoms with Crippen LogP contribution in [-0.4, -0.2) is 75.2 Å². The minimum atomic E-state index is -0.151. The molecule has 0 saturated carbocycles. The summed E-state index contributed by atoms with van der Waals surface area (Å²) >= 11 is 0. The van der Waals surface area contributed by atoms with Crippen LogP contribution in [0.1, 0.15) is 54.2 Å². The van der Waals surface area contributed by atoms with Gasteiger partial charge in [0.2, 0.25) is 5.96 Å². The van der Waals surface area contributed by atoms with E-state index in [0.29, 0.717) is 30.3 Å². The third-order valence-corrected chi connectivity index (χ3v) is 6.49. The van der Waals surface area contributed by atoms with Gasteiger partial charge in [0.1, 0.15) is 6.34 Å². The van der Waals surface area contributed by atoms with E-state index in [4.69, 9.17) is 4.99 Å². The number of carbonyl (C=O) groups is 1. The first kappa shape index (κ1) is 30.4. The van der Waals surface area contributed by atoms with Crippen LogP contribution in [-0.2, 0) is 12.0 Å². The standard InChI is InChI=1S/C31H42N8O/c1-22-12-13-24(29(40)34-20-23-10-9-11-25(18-23)31(2,3)4)19-27(22)36-28(35-21-32-5)26-14-15-33-30(37-26)39(8)17-16-38(6)7/h9-13,15,18-19,21,36H,5,14,16-17,20H2,1-4,6-8H3,(H,34,40)/b28-26-,35-21?. The van der Waals surface area contributed by atoms with Crippen LogP contribution in [0.25, 0.3) is 0 Å². The van der Waals surface area contributed by atoms with Gasteiger partial charge in [-0.1, -0.05) is 51.1 Å². The fourth-order valence-corrected chi connectivity index (χ4v) is 3.93. The third-order valence-electron chi connectivity index (χ3n) is 6.49. The molecule has 0 fully saturated rings. The number of nitrogens with zero attached hydrogens (tertiary/aromatic N) is 6. The first-order valence-electron chi connectivity index (χ1n) is 13.4. The highest BCUT2D eigenvalue weighted by Crippen LogP contribution is 2.24. The van der Waals surface area contributed by atoms with Crippen molar-refractivity contribution >= 4 is 36.8 Å². The molecule has 0 spiro atoms. The molecule has 0 unspecified atom stereocenters. The van der Waals surface area contributed by atoms with Gasteiger partial charge < -0.3 is 20.4 Å². The third kappa shape index (κ3) is 8.71. The molecule has 0 aromatic heterocycles. The number of carbonyl (C=O) groups excluding carboxylic acids is 1. The lowest BCUT2D eigenvalue weighted by atomic mass is 9.86. The zero-order chi connectivity index (χ0) is 29.3. The van der Waals surface area contributed by atoms with E-state index in [2.05, 4.69) is 70.1 Å². The van der Waals surface area contributed by atoms with Crippen molar-refractivity contribution in [1.29, 1.82) is 0 Å². The number of aryl methyl sites for hydroxylation is 1. The van der Waals surface area contributed by atoms with E-state index < -0.39 is 0 Å². The van der Waals surface area contributed by atoms with Crippen LogP contribution in [0.2, 0.25) is 0 Å². The lowest BCUT2D eigenvalue weighted by Gasteiger charge is -2.22. The summed E-state index contributed by atoms with van der Waals surface area (Å²) < 4.78 is 0. The second-order valence-electron chi connectivity index (χ2n) is 11.2. The van der Waals surface area contributed by atoms with Crippen molar-refractivity contribution in [2.75, 3.05) is 39.5 Å². The highest BCUT2D eigenvalue weighted by atomic mass is 16.1. The van der Waals surface area contributed by atoms with Crippen LogP contribution in [0.5, 0.6) is 0 Å². The number of benzene rings is 2. The summed E-state index contributed by atoms with van der Waals surface area (Å²) in [6, 6.07) is 13.9. The molecule has 0 atom stereocenters. The van der Waals surface area contributed by atoms with E-state index in [1.807, 2.05) is 69.5 Å². The van der Waals surface area contributed by atoms with Crippen molar-refractivity contribution in [2.24, 2.45) is 20.0 Å². The number of allylic oxidation sites excluding steroid dienone is 1. The quantitative estimate of drug-likeness (QED) is 0.331. The highest BCUT2D eigenvalue weighted by Gasteiger charge is 2.17. The van der Waals surface area contributed by atoms with Crippen LogP contribution >= 0.6 is 0 Å². The lowest BCUT2D eigenvalue weighted by molar-refractivity contribution is 0.0951. The van der Waals surface area contributed by atoms with Crippen molar-refractivity contribution < 1.29 is 4.79 Å². The first-order chi connectivity index (χ1) is 19.0. The maximum absolute atomic E-state index is 13.1. The maximum atomic E-state index is 13.1. The number of nitrogens with one attached hydrogen (secondary N) is 2. The number of rotatable bonds is 10. The topological polar surface area (TPSA) is 97.0 Å². The van der Waals surface area contributed by atoms with Gasteiger partial charge in [0.25, 0.3) is 5.91 Å². The molecule has 9 nitrogen and oxygen atoms in total. The van der Waals surface area contributed by atoms with Crippen molar-refractivity contribution in [2.45, 2.75) is 46.1 Å². The van der Waals surface area contributed by atoms with Gasteiger partial charge in [-0.2, -0.15) is 0 Å². The molecule has 212 valence electrons. The molecule has 0 bridgehead atoms. The Morgan fingerprint density at radius 2 is 1.90 bits per heavy atom. The van der Waals surface area contributed by atoms with Crippen LogP contribution in [0, 0.1) is 6.92 Å². The van der Waals surface area contributed by atoms with Gasteiger partial charge in [-0.3, -0.25) is 9.79 Å². The fourth-order valence-electron chi connectivity index (χ4n) is 3.93.